The summed E-state index contributed by atoms with van der Waals surface area (Å²) in [7, 11) is 1.14. The Labute approximate surface area is 195 Å². The van der Waals surface area contributed by atoms with Crippen LogP contribution in [-0.4, -0.2) is 67.8 Å². The van der Waals surface area contributed by atoms with Crippen LogP contribution < -0.4 is 9.47 Å². The number of halogens is 6. The number of pyridine rings is 1. The van der Waals surface area contributed by atoms with E-state index in [1.165, 1.54) is 23.1 Å². The minimum Gasteiger partial charge on any atom is -0.481 e. The Morgan fingerprint density at radius 2 is 2.06 bits per heavy atom. The van der Waals surface area contributed by atoms with Crippen molar-refractivity contribution in [2.75, 3.05) is 33.6 Å². The van der Waals surface area contributed by atoms with E-state index in [0.717, 1.165) is 19.2 Å². The van der Waals surface area contributed by atoms with Gasteiger partial charge in [-0.15, -0.1) is 0 Å². The van der Waals surface area contributed by atoms with Crippen molar-refractivity contribution in [2.45, 2.75) is 30.5 Å². The van der Waals surface area contributed by atoms with E-state index in [9.17, 15) is 31.1 Å². The first kappa shape index (κ1) is 25.0. The average molecular weight is 506 g/mol. The van der Waals surface area contributed by atoms with Gasteiger partial charge < -0.3 is 23.8 Å². The van der Waals surface area contributed by atoms with E-state index in [2.05, 4.69) is 4.98 Å². The fourth-order valence-electron chi connectivity index (χ4n) is 4.08. The Morgan fingerprint density at radius 1 is 1.29 bits per heavy atom. The summed E-state index contributed by atoms with van der Waals surface area (Å²) in [6.45, 7) is -1.74. The van der Waals surface area contributed by atoms with Gasteiger partial charge in [0, 0.05) is 18.5 Å². The maximum Gasteiger partial charge on any atom is 0.340 e. The summed E-state index contributed by atoms with van der Waals surface area (Å²) in [5.41, 5.74) is -1.42. The molecule has 35 heavy (non-hydrogen) atoms. The molecule has 2 aromatic rings. The number of alkyl halides is 4. The Morgan fingerprint density at radius 3 is 2.77 bits per heavy atom. The van der Waals surface area contributed by atoms with Crippen LogP contribution in [0.25, 0.3) is 0 Å². The van der Waals surface area contributed by atoms with Crippen molar-refractivity contribution >= 4 is 5.91 Å². The molecule has 2 atom stereocenters. The molecule has 1 aromatic heterocycles. The van der Waals surface area contributed by atoms with E-state index in [4.69, 9.17) is 18.9 Å². The van der Waals surface area contributed by atoms with Gasteiger partial charge in [0.15, 0.2) is 24.0 Å². The molecule has 190 valence electrons. The summed E-state index contributed by atoms with van der Waals surface area (Å²) < 4.78 is 100. The van der Waals surface area contributed by atoms with Gasteiger partial charge in [0.1, 0.15) is 24.2 Å². The molecular formula is C22H20F6N2O5. The lowest BCUT2D eigenvalue weighted by Crippen LogP contribution is -2.54. The third-order valence-electron chi connectivity index (χ3n) is 5.92. The molecule has 7 nitrogen and oxygen atoms in total. The van der Waals surface area contributed by atoms with Crippen LogP contribution in [-0.2, 0) is 15.1 Å². The molecule has 2 saturated heterocycles. The van der Waals surface area contributed by atoms with Crippen molar-refractivity contribution in [2.24, 2.45) is 0 Å². The highest BCUT2D eigenvalue weighted by Gasteiger charge is 2.53. The Hall–Kier alpha value is -3.06. The molecule has 1 amide bonds. The van der Waals surface area contributed by atoms with E-state index in [-0.39, 0.29) is 49.2 Å². The molecule has 2 aliphatic rings. The number of carbonyl (C=O) groups excluding carboxylic acids is 1. The third-order valence-corrected chi connectivity index (χ3v) is 5.92. The second kappa shape index (κ2) is 9.53. The van der Waals surface area contributed by atoms with E-state index in [1.54, 1.807) is 0 Å². The molecule has 0 unspecified atom stereocenters. The number of hydrogen-bond acceptors (Lipinski definition) is 6. The van der Waals surface area contributed by atoms with Crippen molar-refractivity contribution < 1.29 is 50.1 Å². The number of methoxy groups -OCH3 is 1. The zero-order chi connectivity index (χ0) is 25.4. The van der Waals surface area contributed by atoms with Crippen LogP contribution in [0.5, 0.6) is 11.6 Å². The van der Waals surface area contributed by atoms with Crippen LogP contribution in [0.3, 0.4) is 0 Å². The summed E-state index contributed by atoms with van der Waals surface area (Å²) in [5.74, 6) is -7.76. The lowest BCUT2D eigenvalue weighted by atomic mass is 9.81. The van der Waals surface area contributed by atoms with Gasteiger partial charge in [0.25, 0.3) is 11.8 Å². The highest BCUT2D eigenvalue weighted by Crippen LogP contribution is 2.44. The Bertz CT molecular complexity index is 1100. The fourth-order valence-corrected chi connectivity index (χ4v) is 4.08. The molecule has 0 spiro atoms. The van der Waals surface area contributed by atoms with Crippen LogP contribution in [0.1, 0.15) is 22.5 Å². The SMILES string of the molecule is COc1nc(C(=O)N2CC[C@]3(c4cccc(F)c4F)OCO[C@@H]3C2)ccc1OCC(F)(F)C(F)F. The number of piperidine rings is 1. The fraction of sp³-hybridized carbons (Fsp3) is 0.455. The van der Waals surface area contributed by atoms with Gasteiger partial charge >= 0.3 is 12.3 Å². The van der Waals surface area contributed by atoms with Crippen molar-refractivity contribution in [3.8, 4) is 11.6 Å². The van der Waals surface area contributed by atoms with E-state index in [1.807, 2.05) is 0 Å². The van der Waals surface area contributed by atoms with E-state index >= 15 is 0 Å². The second-order valence-corrected chi connectivity index (χ2v) is 7.96. The van der Waals surface area contributed by atoms with Crippen molar-refractivity contribution in [1.82, 2.24) is 9.88 Å². The molecule has 0 saturated carbocycles. The topological polar surface area (TPSA) is 70.1 Å². The highest BCUT2D eigenvalue weighted by atomic mass is 19.3. The number of rotatable bonds is 7. The van der Waals surface area contributed by atoms with Gasteiger partial charge in [-0.3, -0.25) is 4.79 Å². The number of carbonyl (C=O) groups is 1. The summed E-state index contributed by atoms with van der Waals surface area (Å²) in [4.78, 5) is 18.4. The van der Waals surface area contributed by atoms with Gasteiger partial charge in [-0.2, -0.15) is 8.78 Å². The minimum absolute atomic E-state index is 0.00556. The molecular weight excluding hydrogens is 486 g/mol. The van der Waals surface area contributed by atoms with Crippen LogP contribution >= 0.6 is 0 Å². The first-order valence-electron chi connectivity index (χ1n) is 10.4. The molecule has 0 N–H and O–H groups in total. The normalized spacial score (nSPS) is 22.3. The number of ether oxygens (including phenoxy) is 4. The number of hydrogen-bond donors (Lipinski definition) is 0. The maximum atomic E-state index is 14.5. The molecule has 2 fully saturated rings. The Kier molecular flexibility index (Phi) is 6.82. The van der Waals surface area contributed by atoms with Gasteiger partial charge in [-0.05, 0) is 18.2 Å². The monoisotopic (exact) mass is 506 g/mol. The highest BCUT2D eigenvalue weighted by molar-refractivity contribution is 5.92. The average Bonchev–Trinajstić information content (AvgIpc) is 3.27. The molecule has 0 radical (unpaired) electrons. The van der Waals surface area contributed by atoms with Crippen LogP contribution in [0, 0.1) is 11.6 Å². The second-order valence-electron chi connectivity index (χ2n) is 7.96. The number of benzene rings is 1. The minimum atomic E-state index is -4.38. The van der Waals surface area contributed by atoms with Gasteiger partial charge in [-0.25, -0.2) is 22.5 Å². The number of likely N-dealkylation sites (tertiary alicyclic amines) is 1. The maximum absolute atomic E-state index is 14.5. The molecule has 1 aromatic carbocycles. The van der Waals surface area contributed by atoms with Crippen molar-refractivity contribution in [1.29, 1.82) is 0 Å². The molecule has 2 aliphatic heterocycles. The smallest absolute Gasteiger partial charge is 0.340 e. The Balaban J connectivity index is 1.50. The summed E-state index contributed by atoms with van der Waals surface area (Å²) in [5, 5.41) is 0. The van der Waals surface area contributed by atoms with Crippen LogP contribution in [0.2, 0.25) is 0 Å². The number of nitrogens with zero attached hydrogens (tertiary/aromatic N) is 2. The van der Waals surface area contributed by atoms with Gasteiger partial charge in [-0.1, -0.05) is 12.1 Å². The summed E-state index contributed by atoms with van der Waals surface area (Å²) >= 11 is 0. The molecule has 0 aliphatic carbocycles. The lowest BCUT2D eigenvalue weighted by Gasteiger charge is -2.41. The van der Waals surface area contributed by atoms with Crippen LogP contribution in [0.4, 0.5) is 26.3 Å². The number of fused-ring (bicyclic) bond motifs is 1. The predicted octanol–water partition coefficient (Wildman–Crippen LogP) is 3.76. The van der Waals surface area contributed by atoms with E-state index in [0.29, 0.717) is 0 Å². The molecule has 13 heteroatoms. The largest absolute Gasteiger partial charge is 0.481 e. The predicted molar refractivity (Wildman–Crippen MR) is 107 cm³/mol. The first-order chi connectivity index (χ1) is 16.6. The zero-order valence-electron chi connectivity index (χ0n) is 18.3. The standard InChI is InChI=1S/C22H20F6N2O5/c1-32-18-15(33-10-22(27,28)20(25)26)6-5-14(29-18)19(31)30-8-7-21(16(9-30)34-11-35-21)12-3-2-4-13(23)17(12)24/h2-6,16,20H,7-11H2,1H3/t16-,21-/m1/s1. The quantitative estimate of drug-likeness (QED) is 0.533. The number of amides is 1. The van der Waals surface area contributed by atoms with Crippen molar-refractivity contribution in [3.63, 3.8) is 0 Å². The number of aromatic nitrogens is 1. The van der Waals surface area contributed by atoms with Gasteiger partial charge in [0.05, 0.1) is 13.7 Å². The lowest BCUT2D eigenvalue weighted by molar-refractivity contribution is -0.148. The molecule has 0 bridgehead atoms. The van der Waals surface area contributed by atoms with Crippen LogP contribution in [0.15, 0.2) is 30.3 Å². The summed E-state index contributed by atoms with van der Waals surface area (Å²) in [6.07, 6.45) is -4.61. The van der Waals surface area contributed by atoms with Crippen molar-refractivity contribution in [3.05, 3.63) is 53.2 Å². The molecule has 4 rings (SSSR count). The van der Waals surface area contributed by atoms with Gasteiger partial charge in [0.2, 0.25) is 0 Å². The molecule has 3 heterocycles. The first-order valence-corrected chi connectivity index (χ1v) is 10.4. The summed E-state index contributed by atoms with van der Waals surface area (Å²) in [6, 6.07) is 6.02. The zero-order valence-corrected chi connectivity index (χ0v) is 18.3. The van der Waals surface area contributed by atoms with E-state index < -0.39 is 48.2 Å². The third kappa shape index (κ3) is 4.61.